The number of H-pyrrole nitrogens is 1. The Balaban J connectivity index is 1.71. The van der Waals surface area contributed by atoms with Crippen LogP contribution in [0, 0.1) is 11.3 Å². The number of guanidine groups is 1. The molecule has 1 aromatic carbocycles. The van der Waals surface area contributed by atoms with Gasteiger partial charge in [-0.15, -0.1) is 0 Å². The standard InChI is InChI=1S/C25H34N10O3/c1-14(2)12-35-13-17(11-20(35)24(38)30-7-5-21(26)27)33-23(37)19-10-15-9-16(3-4-18(15)34-19)32-22(36)6-8-31-25(28)29/h3-4,9-11,13-14,34H,5-8,12H2,1-2H3,(H3,26,27)(H,30,38)(H,32,36)(H,33,37)(H4,28,29,31). The molecular weight excluding hydrogens is 488 g/mol. The van der Waals surface area contributed by atoms with Crippen molar-refractivity contribution in [3.8, 4) is 0 Å². The van der Waals surface area contributed by atoms with E-state index in [0.29, 0.717) is 29.3 Å². The predicted molar refractivity (Wildman–Crippen MR) is 148 cm³/mol. The second kappa shape index (κ2) is 12.4. The third-order valence-corrected chi connectivity index (χ3v) is 5.41. The van der Waals surface area contributed by atoms with Crippen molar-refractivity contribution in [3.63, 3.8) is 0 Å². The summed E-state index contributed by atoms with van der Waals surface area (Å²) in [5.74, 6) is -0.746. The largest absolute Gasteiger partial charge is 0.388 e. The number of aromatic nitrogens is 2. The third-order valence-electron chi connectivity index (χ3n) is 5.41. The average Bonchev–Trinajstić information content (AvgIpc) is 3.41. The summed E-state index contributed by atoms with van der Waals surface area (Å²) in [6, 6.07) is 8.54. The van der Waals surface area contributed by atoms with Gasteiger partial charge in [0.15, 0.2) is 5.96 Å². The second-order valence-electron chi connectivity index (χ2n) is 9.24. The Morgan fingerprint density at radius 2 is 1.79 bits per heavy atom. The van der Waals surface area contributed by atoms with E-state index in [9.17, 15) is 14.4 Å². The van der Waals surface area contributed by atoms with E-state index in [4.69, 9.17) is 22.6 Å². The highest BCUT2D eigenvalue weighted by atomic mass is 16.2. The molecule has 0 saturated heterocycles. The first-order valence-corrected chi connectivity index (χ1v) is 12.1. The van der Waals surface area contributed by atoms with Crippen molar-refractivity contribution >= 4 is 51.8 Å². The van der Waals surface area contributed by atoms with E-state index < -0.39 is 0 Å². The van der Waals surface area contributed by atoms with E-state index in [1.54, 1.807) is 41.1 Å². The lowest BCUT2D eigenvalue weighted by atomic mass is 10.2. The van der Waals surface area contributed by atoms with Gasteiger partial charge in [0.05, 0.1) is 18.1 Å². The van der Waals surface area contributed by atoms with Crippen molar-refractivity contribution in [2.45, 2.75) is 33.2 Å². The first-order valence-electron chi connectivity index (χ1n) is 12.1. The van der Waals surface area contributed by atoms with Crippen LogP contribution in [-0.4, -0.2) is 52.2 Å². The Bertz CT molecular complexity index is 1360. The van der Waals surface area contributed by atoms with Crippen molar-refractivity contribution in [3.05, 3.63) is 47.9 Å². The van der Waals surface area contributed by atoms with Crippen molar-refractivity contribution in [1.29, 1.82) is 5.41 Å². The maximum atomic E-state index is 13.0. The van der Waals surface area contributed by atoms with Crippen LogP contribution in [0.5, 0.6) is 0 Å². The van der Waals surface area contributed by atoms with Gasteiger partial charge < -0.3 is 42.7 Å². The Hall–Kier alpha value is -4.81. The zero-order valence-corrected chi connectivity index (χ0v) is 21.4. The van der Waals surface area contributed by atoms with Gasteiger partial charge in [0.2, 0.25) is 5.91 Å². The Morgan fingerprint density at radius 1 is 1.03 bits per heavy atom. The van der Waals surface area contributed by atoms with Gasteiger partial charge in [-0.2, -0.15) is 0 Å². The lowest BCUT2D eigenvalue weighted by molar-refractivity contribution is -0.116. The molecule has 0 bridgehead atoms. The molecular formula is C25H34N10O3. The fourth-order valence-electron chi connectivity index (χ4n) is 3.76. The third kappa shape index (κ3) is 7.85. The number of nitrogens with two attached hydrogens (primary N) is 3. The number of anilines is 2. The van der Waals surface area contributed by atoms with Gasteiger partial charge in [0, 0.05) is 48.7 Å². The minimum atomic E-state index is -0.380. The van der Waals surface area contributed by atoms with E-state index in [2.05, 4.69) is 25.9 Å². The normalized spacial score (nSPS) is 10.8. The summed E-state index contributed by atoms with van der Waals surface area (Å²) in [5.41, 5.74) is 18.4. The monoisotopic (exact) mass is 522 g/mol. The molecule has 0 saturated carbocycles. The number of nitrogens with zero attached hydrogens (tertiary/aromatic N) is 2. The highest BCUT2D eigenvalue weighted by Gasteiger charge is 2.17. The van der Waals surface area contributed by atoms with Crippen molar-refractivity contribution in [1.82, 2.24) is 14.9 Å². The first-order chi connectivity index (χ1) is 18.0. The topological polar surface area (TPSA) is 222 Å². The van der Waals surface area contributed by atoms with Crippen LogP contribution in [0.15, 0.2) is 41.5 Å². The molecule has 13 heteroatoms. The Labute approximate surface area is 219 Å². The SMILES string of the molecule is CC(C)Cn1cc(NC(=O)c2cc3cc(NC(=O)CCN=C(N)N)ccc3[nH]2)cc1C(=O)NCCC(=N)N. The van der Waals surface area contributed by atoms with Crippen molar-refractivity contribution in [2.24, 2.45) is 28.1 Å². The smallest absolute Gasteiger partial charge is 0.272 e. The molecule has 0 spiro atoms. The van der Waals surface area contributed by atoms with Crippen LogP contribution in [0.3, 0.4) is 0 Å². The summed E-state index contributed by atoms with van der Waals surface area (Å²) >= 11 is 0. The molecule has 3 rings (SSSR count). The number of benzene rings is 1. The molecule has 11 N–H and O–H groups in total. The lowest BCUT2D eigenvalue weighted by Gasteiger charge is -2.11. The van der Waals surface area contributed by atoms with E-state index in [0.717, 1.165) is 10.9 Å². The lowest BCUT2D eigenvalue weighted by Crippen LogP contribution is -2.29. The molecule has 0 aliphatic heterocycles. The van der Waals surface area contributed by atoms with Gasteiger partial charge in [-0.05, 0) is 36.2 Å². The summed E-state index contributed by atoms with van der Waals surface area (Å²) in [5, 5.41) is 16.4. The maximum absolute atomic E-state index is 13.0. The molecule has 0 fully saturated rings. The number of rotatable bonds is 12. The number of hydrogen-bond acceptors (Lipinski definition) is 5. The summed E-state index contributed by atoms with van der Waals surface area (Å²) in [7, 11) is 0. The molecule has 38 heavy (non-hydrogen) atoms. The van der Waals surface area contributed by atoms with Crippen LogP contribution in [0.4, 0.5) is 11.4 Å². The summed E-state index contributed by atoms with van der Waals surface area (Å²) in [4.78, 5) is 44.6. The number of aromatic amines is 1. The van der Waals surface area contributed by atoms with E-state index in [1.807, 2.05) is 13.8 Å². The molecule has 0 atom stereocenters. The summed E-state index contributed by atoms with van der Waals surface area (Å²) < 4.78 is 1.79. The fraction of sp³-hybridized carbons (Fsp3) is 0.320. The van der Waals surface area contributed by atoms with Crippen LogP contribution in [0.1, 0.15) is 47.7 Å². The number of carbonyl (C=O) groups is 3. The second-order valence-corrected chi connectivity index (χ2v) is 9.24. The van der Waals surface area contributed by atoms with Crippen LogP contribution in [0.25, 0.3) is 10.9 Å². The number of nitrogens with one attached hydrogen (secondary N) is 5. The molecule has 13 nitrogen and oxygen atoms in total. The molecule has 3 amide bonds. The Kier molecular flexibility index (Phi) is 9.09. The molecule has 0 unspecified atom stereocenters. The highest BCUT2D eigenvalue weighted by Crippen LogP contribution is 2.22. The van der Waals surface area contributed by atoms with Crippen LogP contribution < -0.4 is 33.2 Å². The maximum Gasteiger partial charge on any atom is 0.272 e. The molecule has 2 heterocycles. The van der Waals surface area contributed by atoms with Gasteiger partial charge in [0.1, 0.15) is 11.4 Å². The molecule has 3 aromatic rings. The van der Waals surface area contributed by atoms with Gasteiger partial charge in [0.25, 0.3) is 11.8 Å². The number of aliphatic imine (C=N–C) groups is 1. The van der Waals surface area contributed by atoms with Gasteiger partial charge in [-0.25, -0.2) is 0 Å². The summed E-state index contributed by atoms with van der Waals surface area (Å²) in [6.45, 7) is 5.07. The van der Waals surface area contributed by atoms with E-state index in [1.165, 1.54) is 0 Å². The number of carbonyl (C=O) groups excluding carboxylic acids is 3. The van der Waals surface area contributed by atoms with E-state index >= 15 is 0 Å². The minimum absolute atomic E-state index is 0.00787. The highest BCUT2D eigenvalue weighted by molar-refractivity contribution is 6.07. The molecule has 202 valence electrons. The van der Waals surface area contributed by atoms with Crippen LogP contribution in [-0.2, 0) is 11.3 Å². The minimum Gasteiger partial charge on any atom is -0.388 e. The van der Waals surface area contributed by atoms with Crippen LogP contribution >= 0.6 is 0 Å². The van der Waals surface area contributed by atoms with Gasteiger partial charge >= 0.3 is 0 Å². The molecule has 0 aliphatic carbocycles. The van der Waals surface area contributed by atoms with Crippen molar-refractivity contribution in [2.75, 3.05) is 23.7 Å². The Morgan fingerprint density at radius 3 is 2.47 bits per heavy atom. The number of amidine groups is 1. The first kappa shape index (κ1) is 27.8. The molecule has 0 radical (unpaired) electrons. The number of fused-ring (bicyclic) bond motifs is 1. The zero-order valence-electron chi connectivity index (χ0n) is 21.4. The van der Waals surface area contributed by atoms with Gasteiger partial charge in [-0.1, -0.05) is 13.8 Å². The van der Waals surface area contributed by atoms with Crippen LogP contribution in [0.2, 0.25) is 0 Å². The quantitative estimate of drug-likeness (QED) is 0.130. The fourth-order valence-corrected chi connectivity index (χ4v) is 3.76. The number of hydrogen-bond donors (Lipinski definition) is 8. The van der Waals surface area contributed by atoms with Gasteiger partial charge in [-0.3, -0.25) is 24.8 Å². The van der Waals surface area contributed by atoms with Crippen molar-refractivity contribution < 1.29 is 14.4 Å². The predicted octanol–water partition coefficient (Wildman–Crippen LogP) is 1.54. The van der Waals surface area contributed by atoms with E-state index in [-0.39, 0.29) is 61.4 Å². The molecule has 0 aliphatic rings. The summed E-state index contributed by atoms with van der Waals surface area (Å²) in [6.07, 6.45) is 2.10. The zero-order chi connectivity index (χ0) is 27.8. The average molecular weight is 523 g/mol. The molecule has 2 aromatic heterocycles. The number of amides is 3.